The maximum atomic E-state index is 12.0. The van der Waals surface area contributed by atoms with Crippen LogP contribution in [0.1, 0.15) is 31.9 Å². The summed E-state index contributed by atoms with van der Waals surface area (Å²) in [6.45, 7) is 6.87. The fraction of sp³-hybridized carbons (Fsp3) is 0.500. The van der Waals surface area contributed by atoms with Crippen molar-refractivity contribution in [1.29, 1.82) is 0 Å². The van der Waals surface area contributed by atoms with E-state index in [1.165, 1.54) is 6.92 Å². The second kappa shape index (κ2) is 6.19. The van der Waals surface area contributed by atoms with Crippen molar-refractivity contribution >= 4 is 21.4 Å². The van der Waals surface area contributed by atoms with Gasteiger partial charge in [-0.3, -0.25) is 4.79 Å². The number of benzene rings is 1. The zero-order chi connectivity index (χ0) is 14.6. The molecular formula is C14H21NO3S. The van der Waals surface area contributed by atoms with Gasteiger partial charge >= 0.3 is 0 Å². The normalized spacial score (nSPS) is 13.1. The lowest BCUT2D eigenvalue weighted by molar-refractivity contribution is -0.115. The van der Waals surface area contributed by atoms with E-state index in [0.29, 0.717) is 0 Å². The third-order valence-corrected chi connectivity index (χ3v) is 5.39. The zero-order valence-corrected chi connectivity index (χ0v) is 12.7. The molecule has 1 rings (SSSR count). The highest BCUT2D eigenvalue weighted by Crippen LogP contribution is 2.21. The van der Waals surface area contributed by atoms with E-state index in [2.05, 4.69) is 5.32 Å². The van der Waals surface area contributed by atoms with E-state index in [9.17, 15) is 13.2 Å². The summed E-state index contributed by atoms with van der Waals surface area (Å²) in [6, 6.07) is 5.76. The number of sulfone groups is 1. The lowest BCUT2D eigenvalue weighted by atomic mass is 10.1. The van der Waals surface area contributed by atoms with Crippen LogP contribution < -0.4 is 5.32 Å². The minimum absolute atomic E-state index is 0.0318. The molecule has 1 N–H and O–H groups in total. The maximum absolute atomic E-state index is 12.0. The lowest BCUT2D eigenvalue weighted by Gasteiger charge is -2.16. The smallest absolute Gasteiger partial charge is 0.242 e. The van der Waals surface area contributed by atoms with E-state index in [0.717, 1.165) is 23.2 Å². The van der Waals surface area contributed by atoms with Crippen molar-refractivity contribution in [2.75, 3.05) is 11.1 Å². The fourth-order valence-electron chi connectivity index (χ4n) is 1.84. The number of hydrogen-bond donors (Lipinski definition) is 1. The van der Waals surface area contributed by atoms with E-state index < -0.39 is 21.0 Å². The van der Waals surface area contributed by atoms with Gasteiger partial charge in [0, 0.05) is 11.4 Å². The Bertz CT molecular complexity index is 564. The highest BCUT2D eigenvalue weighted by Gasteiger charge is 2.26. The Kier molecular flexibility index (Phi) is 5.11. The molecule has 19 heavy (non-hydrogen) atoms. The van der Waals surface area contributed by atoms with Gasteiger partial charge in [0.2, 0.25) is 5.91 Å². The first-order chi connectivity index (χ1) is 8.83. The van der Waals surface area contributed by atoms with Crippen LogP contribution in [0.2, 0.25) is 0 Å². The molecule has 106 valence electrons. The molecule has 0 aromatic heterocycles. The SMILES string of the molecule is CCc1cccc(C)c1NC(=O)C(C)S(=O)(=O)CC. The van der Waals surface area contributed by atoms with Crippen molar-refractivity contribution in [2.45, 2.75) is 39.4 Å². The quantitative estimate of drug-likeness (QED) is 0.902. The topological polar surface area (TPSA) is 63.2 Å². The minimum atomic E-state index is -3.36. The Morgan fingerprint density at radius 2 is 1.95 bits per heavy atom. The van der Waals surface area contributed by atoms with Gasteiger partial charge in [-0.15, -0.1) is 0 Å². The van der Waals surface area contributed by atoms with Crippen molar-refractivity contribution in [3.05, 3.63) is 29.3 Å². The summed E-state index contributed by atoms with van der Waals surface area (Å²) in [5.74, 6) is -0.499. The van der Waals surface area contributed by atoms with Gasteiger partial charge in [-0.2, -0.15) is 0 Å². The van der Waals surface area contributed by atoms with Gasteiger partial charge in [0.05, 0.1) is 0 Å². The van der Waals surface area contributed by atoms with E-state index >= 15 is 0 Å². The lowest BCUT2D eigenvalue weighted by Crippen LogP contribution is -2.34. The average Bonchev–Trinajstić information content (AvgIpc) is 2.39. The van der Waals surface area contributed by atoms with Crippen molar-refractivity contribution in [1.82, 2.24) is 0 Å². The van der Waals surface area contributed by atoms with E-state index in [1.807, 2.05) is 32.0 Å². The van der Waals surface area contributed by atoms with Gasteiger partial charge in [0.25, 0.3) is 0 Å². The summed E-state index contributed by atoms with van der Waals surface area (Å²) in [5, 5.41) is 1.73. The summed E-state index contributed by atoms with van der Waals surface area (Å²) in [4.78, 5) is 12.0. The van der Waals surface area contributed by atoms with Crippen molar-refractivity contribution in [3.8, 4) is 0 Å². The molecule has 0 fully saturated rings. The number of hydrogen-bond acceptors (Lipinski definition) is 3. The molecule has 5 heteroatoms. The molecular weight excluding hydrogens is 262 g/mol. The van der Waals surface area contributed by atoms with Crippen LogP contribution in [0.15, 0.2) is 18.2 Å². The number of nitrogens with one attached hydrogen (secondary N) is 1. The zero-order valence-electron chi connectivity index (χ0n) is 11.9. The summed E-state index contributed by atoms with van der Waals surface area (Å²) < 4.78 is 23.4. The van der Waals surface area contributed by atoms with Gasteiger partial charge in [-0.05, 0) is 31.4 Å². The van der Waals surface area contributed by atoms with E-state index in [1.54, 1.807) is 6.92 Å². The number of carbonyl (C=O) groups excluding carboxylic acids is 1. The molecule has 0 aliphatic rings. The Balaban J connectivity index is 3.01. The molecule has 0 aliphatic heterocycles. The van der Waals surface area contributed by atoms with Crippen LogP contribution in [0, 0.1) is 6.92 Å². The Morgan fingerprint density at radius 1 is 1.32 bits per heavy atom. The largest absolute Gasteiger partial charge is 0.324 e. The highest BCUT2D eigenvalue weighted by molar-refractivity contribution is 7.92. The van der Waals surface area contributed by atoms with Crippen LogP contribution >= 0.6 is 0 Å². The molecule has 1 atom stereocenters. The molecule has 1 aromatic carbocycles. The molecule has 0 bridgehead atoms. The van der Waals surface area contributed by atoms with Gasteiger partial charge in [0.15, 0.2) is 9.84 Å². The van der Waals surface area contributed by atoms with E-state index in [4.69, 9.17) is 0 Å². The number of aryl methyl sites for hydroxylation is 2. The Hall–Kier alpha value is -1.36. The summed E-state index contributed by atoms with van der Waals surface area (Å²) in [6.07, 6.45) is 0.784. The van der Waals surface area contributed by atoms with Gasteiger partial charge < -0.3 is 5.32 Å². The van der Waals surface area contributed by atoms with Crippen molar-refractivity contribution in [3.63, 3.8) is 0 Å². The second-order valence-electron chi connectivity index (χ2n) is 4.55. The van der Waals surface area contributed by atoms with Gasteiger partial charge in [0.1, 0.15) is 5.25 Å². The maximum Gasteiger partial charge on any atom is 0.242 e. The van der Waals surface area contributed by atoms with Crippen LogP contribution in [-0.2, 0) is 21.1 Å². The number of para-hydroxylation sites is 1. The van der Waals surface area contributed by atoms with Crippen molar-refractivity contribution in [2.24, 2.45) is 0 Å². The molecule has 0 radical (unpaired) electrons. The first kappa shape index (κ1) is 15.7. The first-order valence-electron chi connectivity index (χ1n) is 6.44. The van der Waals surface area contributed by atoms with Gasteiger partial charge in [-0.25, -0.2) is 8.42 Å². The summed E-state index contributed by atoms with van der Waals surface area (Å²) in [7, 11) is -3.36. The molecule has 4 nitrogen and oxygen atoms in total. The van der Waals surface area contributed by atoms with Gasteiger partial charge in [-0.1, -0.05) is 32.0 Å². The Morgan fingerprint density at radius 3 is 2.47 bits per heavy atom. The minimum Gasteiger partial charge on any atom is -0.324 e. The number of carbonyl (C=O) groups is 1. The predicted octanol–water partition coefficient (Wildman–Crippen LogP) is 2.32. The second-order valence-corrected chi connectivity index (χ2v) is 7.16. The monoisotopic (exact) mass is 283 g/mol. The first-order valence-corrected chi connectivity index (χ1v) is 8.16. The molecule has 0 aliphatic carbocycles. The fourth-order valence-corrected chi connectivity index (χ4v) is 2.73. The van der Waals surface area contributed by atoms with Crippen LogP contribution in [0.4, 0.5) is 5.69 Å². The summed E-state index contributed by atoms with van der Waals surface area (Å²) in [5.41, 5.74) is 2.68. The number of rotatable bonds is 5. The highest BCUT2D eigenvalue weighted by atomic mass is 32.2. The van der Waals surface area contributed by atoms with Crippen LogP contribution in [-0.4, -0.2) is 25.3 Å². The van der Waals surface area contributed by atoms with Crippen LogP contribution in [0.25, 0.3) is 0 Å². The molecule has 1 unspecified atom stereocenters. The average molecular weight is 283 g/mol. The Labute approximate surface area is 115 Å². The number of amides is 1. The molecule has 0 heterocycles. The third kappa shape index (κ3) is 3.56. The van der Waals surface area contributed by atoms with Crippen molar-refractivity contribution < 1.29 is 13.2 Å². The van der Waals surface area contributed by atoms with Crippen LogP contribution in [0.3, 0.4) is 0 Å². The predicted molar refractivity (Wildman–Crippen MR) is 78.1 cm³/mol. The van der Waals surface area contributed by atoms with E-state index in [-0.39, 0.29) is 5.75 Å². The van der Waals surface area contributed by atoms with Crippen LogP contribution in [0.5, 0.6) is 0 Å². The summed E-state index contributed by atoms with van der Waals surface area (Å²) >= 11 is 0. The standard InChI is InChI=1S/C14H21NO3S/c1-5-12-9-7-8-10(3)13(12)15-14(16)11(4)19(17,18)6-2/h7-9,11H,5-6H2,1-4H3,(H,15,16). The molecule has 0 saturated heterocycles. The molecule has 1 amide bonds. The number of anilines is 1. The molecule has 0 spiro atoms. The molecule has 0 saturated carbocycles. The third-order valence-electron chi connectivity index (χ3n) is 3.30. The molecule has 1 aromatic rings.